The van der Waals surface area contributed by atoms with Crippen molar-refractivity contribution >= 4 is 13.6 Å². The monoisotopic (exact) mass is 212 g/mol. The van der Waals surface area contributed by atoms with Crippen LogP contribution in [0.2, 0.25) is 0 Å². The van der Waals surface area contributed by atoms with E-state index in [1.807, 2.05) is 0 Å². The highest BCUT2D eigenvalue weighted by Gasteiger charge is 2.44. The summed E-state index contributed by atoms with van der Waals surface area (Å²) >= 11 is 0. The van der Waals surface area contributed by atoms with Gasteiger partial charge < -0.3 is 9.63 Å². The number of hydrogen-bond donors (Lipinski definition) is 1. The molecule has 1 saturated heterocycles. The molecule has 13 heavy (non-hydrogen) atoms. The molecule has 0 aliphatic carbocycles. The zero-order valence-corrected chi connectivity index (χ0v) is 7.87. The fourth-order valence-electron chi connectivity index (χ4n) is 0.982. The number of carbonyl (C=O) groups excluding carboxylic acids is 1. The summed E-state index contributed by atoms with van der Waals surface area (Å²) in [6.45, 7) is 1.01. The third-order valence-electron chi connectivity index (χ3n) is 1.58. The van der Waals surface area contributed by atoms with Crippen LogP contribution >= 0.6 is 7.60 Å². The van der Waals surface area contributed by atoms with E-state index in [0.717, 1.165) is 0 Å². The predicted molar refractivity (Wildman–Crippen MR) is 40.8 cm³/mol. The molecule has 0 radical (unpaired) electrons. The number of esters is 1. The van der Waals surface area contributed by atoms with E-state index < -0.39 is 25.6 Å². The van der Waals surface area contributed by atoms with Crippen LogP contribution in [-0.4, -0.2) is 29.5 Å². The maximum Gasteiger partial charge on any atom is 0.362 e. The average molecular weight is 212 g/mol. The van der Waals surface area contributed by atoms with Gasteiger partial charge in [-0.05, 0) is 0 Å². The predicted octanol–water partition coefficient (Wildman–Crippen LogP) is 0.819. The Labute approximate surface area is 74.4 Å². The molecule has 3 atom stereocenters. The second kappa shape index (κ2) is 3.74. The summed E-state index contributed by atoms with van der Waals surface area (Å²) < 4.78 is 32.5. The van der Waals surface area contributed by atoms with Crippen molar-refractivity contribution in [1.82, 2.24) is 0 Å². The minimum atomic E-state index is -4.11. The molecule has 1 rings (SSSR count). The minimum Gasteiger partial charge on any atom is -0.463 e. The zero-order chi connectivity index (χ0) is 10.1. The van der Waals surface area contributed by atoms with Gasteiger partial charge in [0.1, 0.15) is 12.7 Å². The molecular weight excluding hydrogens is 202 g/mol. The molecule has 0 saturated carbocycles. The lowest BCUT2D eigenvalue weighted by Crippen LogP contribution is -2.16. The van der Waals surface area contributed by atoms with Crippen LogP contribution in [0, 0.1) is 0 Å². The third kappa shape index (κ3) is 2.76. The van der Waals surface area contributed by atoms with Crippen LogP contribution in [0.1, 0.15) is 13.3 Å². The van der Waals surface area contributed by atoms with Gasteiger partial charge in [-0.1, -0.05) is 0 Å². The summed E-state index contributed by atoms with van der Waals surface area (Å²) in [4.78, 5) is 19.2. The summed E-state index contributed by atoms with van der Waals surface area (Å²) in [6, 6.07) is 0. The average Bonchev–Trinajstić information content (AvgIpc) is 2.22. The van der Waals surface area contributed by atoms with Gasteiger partial charge in [0.15, 0.2) is 0 Å². The first-order chi connectivity index (χ1) is 5.92. The van der Waals surface area contributed by atoms with Crippen LogP contribution in [0.3, 0.4) is 0 Å². The quantitative estimate of drug-likeness (QED) is 0.541. The van der Waals surface area contributed by atoms with Crippen molar-refractivity contribution in [3.8, 4) is 0 Å². The summed E-state index contributed by atoms with van der Waals surface area (Å²) in [5.41, 5.74) is 0. The van der Waals surface area contributed by atoms with E-state index >= 15 is 0 Å². The van der Waals surface area contributed by atoms with E-state index in [0.29, 0.717) is 0 Å². The van der Waals surface area contributed by atoms with Gasteiger partial charge in [0.2, 0.25) is 5.91 Å². The van der Waals surface area contributed by atoms with E-state index in [9.17, 15) is 13.8 Å². The molecule has 0 aromatic carbocycles. The zero-order valence-electron chi connectivity index (χ0n) is 6.97. The van der Waals surface area contributed by atoms with Crippen LogP contribution in [0.25, 0.3) is 0 Å². The molecule has 76 valence electrons. The van der Waals surface area contributed by atoms with Gasteiger partial charge in [-0.25, -0.2) is 4.39 Å². The lowest BCUT2D eigenvalue weighted by atomic mass is 10.3. The van der Waals surface area contributed by atoms with Crippen molar-refractivity contribution in [3.63, 3.8) is 0 Å². The number of halogens is 1. The molecule has 0 spiro atoms. The van der Waals surface area contributed by atoms with Crippen molar-refractivity contribution in [3.05, 3.63) is 0 Å². The first-order valence-corrected chi connectivity index (χ1v) is 5.35. The van der Waals surface area contributed by atoms with Crippen molar-refractivity contribution in [2.75, 3.05) is 6.61 Å². The van der Waals surface area contributed by atoms with Gasteiger partial charge >= 0.3 is 13.6 Å². The lowest BCUT2D eigenvalue weighted by Gasteiger charge is -2.08. The van der Waals surface area contributed by atoms with Crippen LogP contribution in [0.5, 0.6) is 0 Å². The second-order valence-electron chi connectivity index (χ2n) is 2.76. The van der Waals surface area contributed by atoms with E-state index in [1.165, 1.54) is 6.92 Å². The molecule has 1 heterocycles. The normalized spacial score (nSPS) is 39.0. The molecule has 2 unspecified atom stereocenters. The second-order valence-corrected chi connectivity index (χ2v) is 4.66. The molecule has 1 fully saturated rings. The van der Waals surface area contributed by atoms with Gasteiger partial charge in [-0.2, -0.15) is 0 Å². The van der Waals surface area contributed by atoms with Crippen LogP contribution < -0.4 is 0 Å². The Kier molecular flexibility index (Phi) is 3.05. The van der Waals surface area contributed by atoms with Crippen LogP contribution in [0.15, 0.2) is 0 Å². The van der Waals surface area contributed by atoms with Gasteiger partial charge in [0, 0.05) is 13.3 Å². The fraction of sp³-hybridized carbons (Fsp3) is 0.833. The lowest BCUT2D eigenvalue weighted by molar-refractivity contribution is -0.143. The van der Waals surface area contributed by atoms with E-state index in [2.05, 4.69) is 9.26 Å². The van der Waals surface area contributed by atoms with E-state index in [4.69, 9.17) is 4.89 Å². The van der Waals surface area contributed by atoms with Crippen molar-refractivity contribution in [1.29, 1.82) is 0 Å². The van der Waals surface area contributed by atoms with E-state index in [1.54, 1.807) is 0 Å². The number of alkyl halides is 1. The molecule has 1 N–H and O–H groups in total. The van der Waals surface area contributed by atoms with E-state index in [-0.39, 0.29) is 13.0 Å². The summed E-state index contributed by atoms with van der Waals surface area (Å²) in [7, 11) is -4.11. The summed E-state index contributed by atoms with van der Waals surface area (Å²) in [5.74, 6) is -2.40. The minimum absolute atomic E-state index is 0.180. The maximum atomic E-state index is 12.7. The smallest absolute Gasteiger partial charge is 0.362 e. The van der Waals surface area contributed by atoms with Crippen LogP contribution in [0.4, 0.5) is 4.39 Å². The maximum absolute atomic E-state index is 12.7. The molecule has 7 heteroatoms. The summed E-state index contributed by atoms with van der Waals surface area (Å²) in [6.07, 6.45) is -1.02. The summed E-state index contributed by atoms with van der Waals surface area (Å²) in [5, 5.41) is 0. The molecule has 0 bridgehead atoms. The van der Waals surface area contributed by atoms with Crippen LogP contribution in [-0.2, 0) is 18.6 Å². The number of ether oxygens (including phenoxy) is 1. The Hall–Kier alpha value is -0.450. The van der Waals surface area contributed by atoms with Gasteiger partial charge in [0.05, 0.1) is 0 Å². The fourth-order valence-corrected chi connectivity index (χ4v) is 2.19. The Morgan fingerprint density at radius 3 is 2.85 bits per heavy atom. The highest BCUT2D eigenvalue weighted by Crippen LogP contribution is 2.56. The first-order valence-electron chi connectivity index (χ1n) is 3.70. The number of hydrogen-bond acceptors (Lipinski definition) is 4. The Balaban J connectivity index is 2.41. The largest absolute Gasteiger partial charge is 0.463 e. The highest BCUT2D eigenvalue weighted by atomic mass is 31.2. The third-order valence-corrected chi connectivity index (χ3v) is 3.10. The molecular formula is C6H10FO5P. The SMILES string of the molecule is CC(=O)OC[C@@H]1CC(F)P(=O)(O)O1. The standard InChI is InChI=1S/C6H10FO5P/c1-4(8)11-3-5-2-6(7)13(9,10)12-5/h5-6H,2-3H2,1H3,(H,9,10)/t5-,6?/m0/s1. The Bertz CT molecular complexity index is 255. The molecule has 1 aliphatic rings. The highest BCUT2D eigenvalue weighted by molar-refractivity contribution is 7.53. The van der Waals surface area contributed by atoms with Crippen molar-refractivity contribution in [2.24, 2.45) is 0 Å². The molecule has 0 aromatic heterocycles. The first kappa shape index (κ1) is 10.6. The topological polar surface area (TPSA) is 72.8 Å². The molecule has 0 amide bonds. The van der Waals surface area contributed by atoms with Gasteiger partial charge in [-0.15, -0.1) is 0 Å². The van der Waals surface area contributed by atoms with Crippen molar-refractivity contribution in [2.45, 2.75) is 25.4 Å². The van der Waals surface area contributed by atoms with Gasteiger partial charge in [0.25, 0.3) is 0 Å². The molecule has 0 aromatic rings. The van der Waals surface area contributed by atoms with Gasteiger partial charge in [-0.3, -0.25) is 13.9 Å². The van der Waals surface area contributed by atoms with Crippen molar-refractivity contribution < 1.29 is 27.9 Å². The number of carbonyl (C=O) groups is 1. The Morgan fingerprint density at radius 1 is 1.85 bits per heavy atom. The number of rotatable bonds is 2. The molecule has 1 aliphatic heterocycles. The Morgan fingerprint density at radius 2 is 2.46 bits per heavy atom. The molecule has 5 nitrogen and oxygen atoms in total.